The first kappa shape index (κ1) is 17.6. The van der Waals surface area contributed by atoms with Crippen molar-refractivity contribution in [2.45, 2.75) is 33.1 Å². The molecule has 0 radical (unpaired) electrons. The van der Waals surface area contributed by atoms with Gasteiger partial charge in [-0.25, -0.2) is 9.79 Å². The number of rotatable bonds is 8. The highest BCUT2D eigenvalue weighted by atomic mass is 16.2. The second-order valence-corrected chi connectivity index (χ2v) is 2.87. The van der Waals surface area contributed by atoms with Crippen LogP contribution in [0.4, 0.5) is 0 Å². The Labute approximate surface area is 102 Å². The van der Waals surface area contributed by atoms with E-state index in [0.29, 0.717) is 25.9 Å². The first-order valence-electron chi connectivity index (χ1n) is 5.68. The summed E-state index contributed by atoms with van der Waals surface area (Å²) in [5.74, 6) is -0.393. The molecule has 2 amide bonds. The van der Waals surface area contributed by atoms with E-state index in [0.717, 1.165) is 23.8 Å². The van der Waals surface area contributed by atoms with Gasteiger partial charge in [0.25, 0.3) is 5.91 Å². The predicted molar refractivity (Wildman–Crippen MR) is 66.2 cm³/mol. The summed E-state index contributed by atoms with van der Waals surface area (Å²) >= 11 is 0. The molecule has 5 heteroatoms. The average Bonchev–Trinajstić information content (AvgIpc) is 2.39. The van der Waals surface area contributed by atoms with Gasteiger partial charge in [-0.1, -0.05) is 20.4 Å². The van der Waals surface area contributed by atoms with E-state index < -0.39 is 5.91 Å². The van der Waals surface area contributed by atoms with Gasteiger partial charge in [-0.15, -0.1) is 0 Å². The lowest BCUT2D eigenvalue weighted by Crippen LogP contribution is -2.28. The van der Waals surface area contributed by atoms with Crippen LogP contribution >= 0.6 is 0 Å². The van der Waals surface area contributed by atoms with E-state index in [-0.39, 0.29) is 0 Å². The minimum Gasteiger partial charge on any atom is -0.282 e. The number of carbonyl (C=O) groups is 2. The third kappa shape index (κ3) is 10.5. The van der Waals surface area contributed by atoms with E-state index >= 15 is 0 Å². The van der Waals surface area contributed by atoms with Crippen molar-refractivity contribution in [1.82, 2.24) is 4.90 Å². The molecule has 0 aliphatic heterocycles. The van der Waals surface area contributed by atoms with Crippen molar-refractivity contribution in [2.75, 3.05) is 13.1 Å². The third-order valence-corrected chi connectivity index (χ3v) is 1.82. The number of hydrogen-bond donors (Lipinski definition) is 0. The van der Waals surface area contributed by atoms with Crippen LogP contribution in [0, 0.1) is 0 Å². The topological polar surface area (TPSA) is 66.8 Å². The molecule has 0 atom stereocenters. The van der Waals surface area contributed by atoms with Gasteiger partial charge >= 0.3 is 0 Å². The second kappa shape index (κ2) is 14.3. The Morgan fingerprint density at radius 3 is 2.47 bits per heavy atom. The quantitative estimate of drug-likeness (QED) is 0.213. The fourth-order valence-corrected chi connectivity index (χ4v) is 1.03. The van der Waals surface area contributed by atoms with E-state index in [2.05, 4.69) is 11.6 Å². The number of carbonyl (C=O) groups excluding carboxylic acids is 3. The van der Waals surface area contributed by atoms with Gasteiger partial charge in [0, 0.05) is 6.54 Å². The van der Waals surface area contributed by atoms with Gasteiger partial charge < -0.3 is 0 Å². The molecule has 0 fully saturated rings. The number of imide groups is 1. The van der Waals surface area contributed by atoms with Gasteiger partial charge in [0.2, 0.25) is 12.5 Å². The van der Waals surface area contributed by atoms with Crippen LogP contribution in [-0.2, 0) is 14.4 Å². The number of nitrogens with zero attached hydrogens (tertiary/aromatic N) is 2. The summed E-state index contributed by atoms with van der Waals surface area (Å²) in [6.07, 6.45) is 5.30. The molecule has 17 heavy (non-hydrogen) atoms. The zero-order chi connectivity index (χ0) is 13.5. The lowest BCUT2D eigenvalue weighted by atomic mass is 10.2. The van der Waals surface area contributed by atoms with Crippen molar-refractivity contribution in [3.05, 3.63) is 12.7 Å². The molecule has 0 saturated carbocycles. The molecule has 96 valence electrons. The molecule has 0 unspecified atom stereocenters. The Morgan fingerprint density at radius 2 is 2.00 bits per heavy atom. The van der Waals surface area contributed by atoms with Crippen molar-refractivity contribution < 1.29 is 14.4 Å². The summed E-state index contributed by atoms with van der Waals surface area (Å²) in [5.41, 5.74) is 0. The van der Waals surface area contributed by atoms with Gasteiger partial charge in [0.1, 0.15) is 0 Å². The molecule has 0 spiro atoms. The molecule has 0 aromatic heterocycles. The molecule has 0 aromatic carbocycles. The van der Waals surface area contributed by atoms with Crippen LogP contribution in [0.25, 0.3) is 0 Å². The number of amides is 2. The standard InChI is InChI=1S/C10H14N2O3.C2H6/c1-2-10(15)12(9-14)7-5-3-4-6-11-8-13;1-2/h2,9H,1,3-7H2;1-2H3. The molecule has 0 aromatic rings. The molecule has 0 bridgehead atoms. The summed E-state index contributed by atoms with van der Waals surface area (Å²) in [6, 6.07) is 0. The maximum atomic E-state index is 11.0. The highest BCUT2D eigenvalue weighted by Gasteiger charge is 2.06. The van der Waals surface area contributed by atoms with Crippen molar-refractivity contribution in [3.8, 4) is 0 Å². The normalized spacial score (nSPS) is 8.12. The highest BCUT2D eigenvalue weighted by Crippen LogP contribution is 1.98. The zero-order valence-corrected chi connectivity index (χ0v) is 10.5. The van der Waals surface area contributed by atoms with Gasteiger partial charge in [-0.3, -0.25) is 14.5 Å². The number of unbranched alkanes of at least 4 members (excludes halogenated alkanes) is 2. The maximum Gasteiger partial charge on any atom is 0.252 e. The molecule has 0 aliphatic carbocycles. The summed E-state index contributed by atoms with van der Waals surface area (Å²) in [7, 11) is 0. The highest BCUT2D eigenvalue weighted by molar-refractivity contribution is 5.94. The first-order valence-corrected chi connectivity index (χ1v) is 5.68. The van der Waals surface area contributed by atoms with Crippen molar-refractivity contribution in [1.29, 1.82) is 0 Å². The van der Waals surface area contributed by atoms with Crippen molar-refractivity contribution in [2.24, 2.45) is 4.99 Å². The lowest BCUT2D eigenvalue weighted by Gasteiger charge is -2.12. The third-order valence-electron chi connectivity index (χ3n) is 1.82. The summed E-state index contributed by atoms with van der Waals surface area (Å²) < 4.78 is 0. The lowest BCUT2D eigenvalue weighted by molar-refractivity contribution is -0.134. The van der Waals surface area contributed by atoms with E-state index in [1.165, 1.54) is 6.08 Å². The van der Waals surface area contributed by atoms with Gasteiger partial charge in [-0.2, -0.15) is 0 Å². The Balaban J connectivity index is 0. The van der Waals surface area contributed by atoms with Gasteiger partial charge in [0.15, 0.2) is 0 Å². The van der Waals surface area contributed by atoms with Crippen LogP contribution in [-0.4, -0.2) is 36.4 Å². The second-order valence-electron chi connectivity index (χ2n) is 2.87. The summed E-state index contributed by atoms with van der Waals surface area (Å²) in [5, 5.41) is 0. The molecular formula is C12H20N2O3. The first-order chi connectivity index (χ1) is 8.26. The van der Waals surface area contributed by atoms with Crippen LogP contribution in [0.3, 0.4) is 0 Å². The number of isocyanates is 1. The zero-order valence-electron chi connectivity index (χ0n) is 10.5. The number of aliphatic imine (C=N–C) groups is 1. The minimum atomic E-state index is -0.393. The fourth-order valence-electron chi connectivity index (χ4n) is 1.03. The van der Waals surface area contributed by atoms with Crippen LogP contribution in [0.15, 0.2) is 17.6 Å². The molecule has 5 nitrogen and oxygen atoms in total. The summed E-state index contributed by atoms with van der Waals surface area (Å²) in [4.78, 5) is 35.6. The van der Waals surface area contributed by atoms with Crippen molar-refractivity contribution in [3.63, 3.8) is 0 Å². The SMILES string of the molecule is C=CC(=O)N(C=O)CCCCCN=C=O.CC. The maximum absolute atomic E-state index is 11.0. The minimum absolute atomic E-state index is 0.374. The molecule has 0 aliphatic rings. The molecule has 0 saturated heterocycles. The smallest absolute Gasteiger partial charge is 0.252 e. The van der Waals surface area contributed by atoms with E-state index in [4.69, 9.17) is 0 Å². The van der Waals surface area contributed by atoms with Gasteiger partial charge in [0.05, 0.1) is 6.54 Å². The largest absolute Gasteiger partial charge is 0.282 e. The predicted octanol–water partition coefficient (Wildman–Crippen LogP) is 1.69. The molecule has 0 heterocycles. The molecular weight excluding hydrogens is 220 g/mol. The van der Waals surface area contributed by atoms with Gasteiger partial charge in [-0.05, 0) is 25.3 Å². The van der Waals surface area contributed by atoms with Crippen molar-refractivity contribution >= 4 is 18.4 Å². The number of hydrogen-bond acceptors (Lipinski definition) is 4. The van der Waals surface area contributed by atoms with E-state index in [1.54, 1.807) is 0 Å². The monoisotopic (exact) mass is 240 g/mol. The van der Waals surface area contributed by atoms with Crippen LogP contribution < -0.4 is 0 Å². The molecule has 0 N–H and O–H groups in total. The van der Waals surface area contributed by atoms with E-state index in [1.807, 2.05) is 13.8 Å². The Kier molecular flexibility index (Phi) is 14.8. The van der Waals surface area contributed by atoms with E-state index in [9.17, 15) is 14.4 Å². The molecule has 0 rings (SSSR count). The average molecular weight is 240 g/mol. The van der Waals surface area contributed by atoms with Crippen LogP contribution in [0.5, 0.6) is 0 Å². The fraction of sp³-hybridized carbons (Fsp3) is 0.583. The summed E-state index contributed by atoms with van der Waals surface area (Å²) in [6.45, 7) is 8.11. The Bertz CT molecular complexity index is 271. The Morgan fingerprint density at radius 1 is 1.35 bits per heavy atom. The van der Waals surface area contributed by atoms with Crippen LogP contribution in [0.2, 0.25) is 0 Å². The Hall–Kier alpha value is -1.74. The van der Waals surface area contributed by atoms with Crippen LogP contribution in [0.1, 0.15) is 33.1 Å².